The smallest absolute Gasteiger partial charge is 0.225 e. The van der Waals surface area contributed by atoms with Gasteiger partial charge in [-0.05, 0) is 38.6 Å². The zero-order chi connectivity index (χ0) is 10.7. The van der Waals surface area contributed by atoms with Crippen molar-refractivity contribution in [1.82, 2.24) is 10.2 Å². The Labute approximate surface area is 92.2 Å². The summed E-state index contributed by atoms with van der Waals surface area (Å²) in [5.74, 6) is 0.628. The van der Waals surface area contributed by atoms with Gasteiger partial charge in [0, 0.05) is 25.0 Å². The van der Waals surface area contributed by atoms with Crippen LogP contribution in [0.5, 0.6) is 0 Å². The fourth-order valence-electron chi connectivity index (χ4n) is 2.22. The van der Waals surface area contributed by atoms with Crippen LogP contribution >= 0.6 is 0 Å². The van der Waals surface area contributed by atoms with Crippen molar-refractivity contribution in [2.24, 2.45) is 5.92 Å². The summed E-state index contributed by atoms with van der Waals surface area (Å²) in [6, 6.07) is 0.793. The van der Waals surface area contributed by atoms with Gasteiger partial charge in [-0.2, -0.15) is 0 Å². The highest BCUT2D eigenvalue weighted by molar-refractivity contribution is 5.79. The average molecular weight is 210 g/mol. The van der Waals surface area contributed by atoms with E-state index in [9.17, 15) is 4.79 Å². The van der Waals surface area contributed by atoms with Crippen molar-refractivity contribution in [3.05, 3.63) is 0 Å². The summed E-state index contributed by atoms with van der Waals surface area (Å²) < 4.78 is 0. The molecule has 15 heavy (non-hydrogen) atoms. The van der Waals surface area contributed by atoms with Crippen LogP contribution < -0.4 is 5.32 Å². The van der Waals surface area contributed by atoms with E-state index in [1.54, 1.807) is 0 Å². The lowest BCUT2D eigenvalue weighted by molar-refractivity contribution is -0.137. The summed E-state index contributed by atoms with van der Waals surface area (Å²) >= 11 is 0. The van der Waals surface area contributed by atoms with Gasteiger partial charge in [0.2, 0.25) is 5.91 Å². The summed E-state index contributed by atoms with van der Waals surface area (Å²) in [5.41, 5.74) is 0. The molecule has 1 amide bonds. The number of rotatable bonds is 5. The maximum atomic E-state index is 11.8. The van der Waals surface area contributed by atoms with Gasteiger partial charge in [-0.1, -0.05) is 6.92 Å². The fourth-order valence-corrected chi connectivity index (χ4v) is 2.22. The third kappa shape index (κ3) is 3.20. The molecule has 1 atom stereocenters. The number of nitrogens with one attached hydrogen (secondary N) is 1. The first kappa shape index (κ1) is 10.9. The van der Waals surface area contributed by atoms with Gasteiger partial charge in [-0.25, -0.2) is 0 Å². The molecule has 1 aliphatic heterocycles. The molecule has 0 aromatic carbocycles. The highest BCUT2D eigenvalue weighted by atomic mass is 16.2. The van der Waals surface area contributed by atoms with Gasteiger partial charge in [0.25, 0.3) is 0 Å². The third-order valence-electron chi connectivity index (χ3n) is 3.41. The molecule has 3 heteroatoms. The molecule has 86 valence electrons. The minimum absolute atomic E-state index is 0.259. The molecular formula is C12H22N2O. The van der Waals surface area contributed by atoms with Crippen LogP contribution in [0.2, 0.25) is 0 Å². The second-order valence-electron chi connectivity index (χ2n) is 4.95. The zero-order valence-corrected chi connectivity index (χ0v) is 9.67. The monoisotopic (exact) mass is 210 g/mol. The molecule has 1 saturated carbocycles. The van der Waals surface area contributed by atoms with Crippen LogP contribution in [-0.4, -0.2) is 36.5 Å². The Kier molecular flexibility index (Phi) is 3.62. The molecule has 0 aromatic rings. The summed E-state index contributed by atoms with van der Waals surface area (Å²) in [5, 5.41) is 3.48. The Hall–Kier alpha value is -0.570. The summed E-state index contributed by atoms with van der Waals surface area (Å²) in [4.78, 5) is 13.8. The summed E-state index contributed by atoms with van der Waals surface area (Å²) in [6.45, 7) is 5.05. The van der Waals surface area contributed by atoms with Crippen LogP contribution in [0.15, 0.2) is 0 Å². The molecule has 1 saturated heterocycles. The number of carbonyl (C=O) groups is 1. The first-order chi connectivity index (χ1) is 7.27. The van der Waals surface area contributed by atoms with Gasteiger partial charge in [0.05, 0.1) is 0 Å². The zero-order valence-electron chi connectivity index (χ0n) is 9.67. The number of nitrogens with zero attached hydrogens (tertiary/aromatic N) is 1. The van der Waals surface area contributed by atoms with Crippen molar-refractivity contribution in [1.29, 1.82) is 0 Å². The van der Waals surface area contributed by atoms with E-state index in [4.69, 9.17) is 0 Å². The third-order valence-corrected chi connectivity index (χ3v) is 3.41. The second kappa shape index (κ2) is 4.97. The SMILES string of the molecule is CC1CCCN(CCCNC2CC2)C1=O. The highest BCUT2D eigenvalue weighted by Gasteiger charge is 2.24. The molecular weight excluding hydrogens is 188 g/mol. The lowest BCUT2D eigenvalue weighted by Gasteiger charge is -2.30. The normalized spacial score (nSPS) is 27.1. The van der Waals surface area contributed by atoms with E-state index in [0.717, 1.165) is 38.5 Å². The molecule has 2 fully saturated rings. The Morgan fingerprint density at radius 2 is 2.20 bits per heavy atom. The van der Waals surface area contributed by atoms with Crippen molar-refractivity contribution in [3.63, 3.8) is 0 Å². The summed E-state index contributed by atoms with van der Waals surface area (Å²) in [7, 11) is 0. The first-order valence-corrected chi connectivity index (χ1v) is 6.29. The van der Waals surface area contributed by atoms with E-state index in [1.165, 1.54) is 19.3 Å². The molecule has 2 rings (SSSR count). The Morgan fingerprint density at radius 3 is 2.93 bits per heavy atom. The Bertz CT molecular complexity index is 226. The van der Waals surface area contributed by atoms with Crippen molar-refractivity contribution < 1.29 is 4.79 Å². The molecule has 0 aromatic heterocycles. The molecule has 1 heterocycles. The van der Waals surface area contributed by atoms with Crippen LogP contribution in [-0.2, 0) is 4.79 Å². The van der Waals surface area contributed by atoms with Crippen LogP contribution in [0.4, 0.5) is 0 Å². The lowest BCUT2D eigenvalue weighted by Crippen LogP contribution is -2.41. The Balaban J connectivity index is 1.61. The predicted molar refractivity (Wildman–Crippen MR) is 60.6 cm³/mol. The Morgan fingerprint density at radius 1 is 1.40 bits per heavy atom. The van der Waals surface area contributed by atoms with E-state index in [-0.39, 0.29) is 5.92 Å². The molecule has 1 unspecified atom stereocenters. The minimum atomic E-state index is 0.259. The molecule has 3 nitrogen and oxygen atoms in total. The number of amides is 1. The van der Waals surface area contributed by atoms with E-state index >= 15 is 0 Å². The van der Waals surface area contributed by atoms with E-state index in [0.29, 0.717) is 5.91 Å². The standard InChI is InChI=1S/C12H22N2O/c1-10-4-2-8-14(12(10)15)9-3-7-13-11-5-6-11/h10-11,13H,2-9H2,1H3. The maximum Gasteiger partial charge on any atom is 0.225 e. The van der Waals surface area contributed by atoms with Crippen molar-refractivity contribution in [3.8, 4) is 0 Å². The predicted octanol–water partition coefficient (Wildman–Crippen LogP) is 1.39. The number of carbonyl (C=O) groups excluding carboxylic acids is 1. The fraction of sp³-hybridized carbons (Fsp3) is 0.917. The van der Waals surface area contributed by atoms with Gasteiger partial charge >= 0.3 is 0 Å². The van der Waals surface area contributed by atoms with Crippen LogP contribution in [0.1, 0.15) is 39.0 Å². The van der Waals surface area contributed by atoms with Crippen molar-refractivity contribution in [2.45, 2.75) is 45.1 Å². The van der Waals surface area contributed by atoms with Gasteiger partial charge in [-0.3, -0.25) is 4.79 Å². The molecule has 0 spiro atoms. The van der Waals surface area contributed by atoms with Crippen LogP contribution in [0.3, 0.4) is 0 Å². The second-order valence-corrected chi connectivity index (χ2v) is 4.95. The molecule has 1 aliphatic carbocycles. The highest BCUT2D eigenvalue weighted by Crippen LogP contribution is 2.19. The van der Waals surface area contributed by atoms with Crippen molar-refractivity contribution >= 4 is 5.91 Å². The maximum absolute atomic E-state index is 11.8. The lowest BCUT2D eigenvalue weighted by atomic mass is 9.99. The van der Waals surface area contributed by atoms with E-state index in [1.807, 2.05) is 4.90 Å². The topological polar surface area (TPSA) is 32.3 Å². The van der Waals surface area contributed by atoms with Gasteiger partial charge in [0.1, 0.15) is 0 Å². The molecule has 0 radical (unpaired) electrons. The molecule has 1 N–H and O–H groups in total. The van der Waals surface area contributed by atoms with Gasteiger partial charge in [0.15, 0.2) is 0 Å². The van der Waals surface area contributed by atoms with Crippen molar-refractivity contribution in [2.75, 3.05) is 19.6 Å². The quantitative estimate of drug-likeness (QED) is 0.695. The number of piperidine rings is 1. The number of hydrogen-bond donors (Lipinski definition) is 1. The van der Waals surface area contributed by atoms with E-state index < -0.39 is 0 Å². The minimum Gasteiger partial charge on any atom is -0.342 e. The summed E-state index contributed by atoms with van der Waals surface area (Å²) in [6.07, 6.45) is 6.06. The average Bonchev–Trinajstić information content (AvgIpc) is 3.02. The first-order valence-electron chi connectivity index (χ1n) is 6.29. The molecule has 0 bridgehead atoms. The van der Waals surface area contributed by atoms with Gasteiger partial charge in [-0.15, -0.1) is 0 Å². The van der Waals surface area contributed by atoms with Crippen LogP contribution in [0, 0.1) is 5.92 Å². The largest absolute Gasteiger partial charge is 0.342 e. The molecule has 2 aliphatic rings. The van der Waals surface area contributed by atoms with E-state index in [2.05, 4.69) is 12.2 Å². The number of hydrogen-bond acceptors (Lipinski definition) is 2. The number of likely N-dealkylation sites (tertiary alicyclic amines) is 1. The van der Waals surface area contributed by atoms with Crippen LogP contribution in [0.25, 0.3) is 0 Å². The van der Waals surface area contributed by atoms with Gasteiger partial charge < -0.3 is 10.2 Å².